The number of carbonyl (C=O) groups excluding carboxylic acids is 1. The van der Waals surface area contributed by atoms with Gasteiger partial charge in [0.15, 0.2) is 6.40 Å². The van der Waals surface area contributed by atoms with Crippen LogP contribution < -0.4 is 10.5 Å². The molecule has 0 radical (unpaired) electrons. The van der Waals surface area contributed by atoms with Crippen molar-refractivity contribution in [3.05, 3.63) is 90.6 Å². The van der Waals surface area contributed by atoms with Crippen LogP contribution in [-0.2, 0) is 9.53 Å². The van der Waals surface area contributed by atoms with Crippen LogP contribution in [0.3, 0.4) is 0 Å². The fourth-order valence-corrected chi connectivity index (χ4v) is 3.28. The van der Waals surface area contributed by atoms with E-state index in [0.29, 0.717) is 24.7 Å². The Morgan fingerprint density at radius 1 is 1.16 bits per heavy atom. The summed E-state index contributed by atoms with van der Waals surface area (Å²) in [6.07, 6.45) is 19.2. The molecule has 0 saturated heterocycles. The van der Waals surface area contributed by atoms with Gasteiger partial charge in [-0.15, -0.1) is 0 Å². The van der Waals surface area contributed by atoms with Crippen LogP contribution in [0.2, 0.25) is 0 Å². The van der Waals surface area contributed by atoms with E-state index in [-0.39, 0.29) is 6.10 Å². The van der Waals surface area contributed by atoms with E-state index in [9.17, 15) is 4.79 Å². The van der Waals surface area contributed by atoms with Gasteiger partial charge in [0.25, 0.3) is 5.91 Å². The number of hydrogen-bond acceptors (Lipinski definition) is 6. The zero-order chi connectivity index (χ0) is 21.5. The van der Waals surface area contributed by atoms with Crippen LogP contribution in [0.1, 0.15) is 5.56 Å². The van der Waals surface area contributed by atoms with Crippen LogP contribution in [0, 0.1) is 0 Å². The molecule has 1 amide bonds. The Balaban J connectivity index is 1.69. The first kappa shape index (κ1) is 20.2. The number of rotatable bonds is 1. The second-order valence-corrected chi connectivity index (χ2v) is 6.88. The summed E-state index contributed by atoms with van der Waals surface area (Å²) in [7, 11) is 0. The molecule has 0 saturated carbocycles. The predicted molar refractivity (Wildman–Crippen MR) is 121 cm³/mol. The number of pyridine rings is 1. The zero-order valence-electron chi connectivity index (χ0n) is 16.8. The molecule has 0 aliphatic carbocycles. The van der Waals surface area contributed by atoms with Crippen LogP contribution in [-0.4, -0.2) is 41.4 Å². The molecule has 2 aromatic rings. The van der Waals surface area contributed by atoms with Crippen LogP contribution in [0.4, 0.5) is 0 Å². The van der Waals surface area contributed by atoms with Gasteiger partial charge < -0.3 is 20.1 Å². The number of amides is 1. The standard InChI is InChI=1S/C24H22N4O3/c25-23(29)22-15-20-16-28(22)12-11-26-17-30-13-5-3-1-2-4-6-18-7-8-19-9-10-27-24(31-20)21(19)14-18/h1-12,14-15,17,20H,13,16H2,(H2,25,29)/b2-1-,5-3+,6-4+,12-11-,26-17?. The van der Waals surface area contributed by atoms with Crippen LogP contribution >= 0.6 is 0 Å². The first-order chi connectivity index (χ1) is 15.2. The molecule has 4 bridgehead atoms. The molecule has 1 unspecified atom stereocenters. The second kappa shape index (κ2) is 9.58. The molecular formula is C24H22N4O3. The molecule has 4 rings (SSSR count). The Bertz CT molecular complexity index is 1140. The fourth-order valence-electron chi connectivity index (χ4n) is 3.28. The number of aromatic nitrogens is 1. The van der Waals surface area contributed by atoms with Crippen molar-refractivity contribution in [2.75, 3.05) is 13.2 Å². The first-order valence-corrected chi connectivity index (χ1v) is 9.84. The maximum Gasteiger partial charge on any atom is 0.265 e. The Labute approximate surface area is 180 Å². The molecule has 156 valence electrons. The lowest BCUT2D eigenvalue weighted by molar-refractivity contribution is -0.115. The average Bonchev–Trinajstić information content (AvgIpc) is 3.17. The van der Waals surface area contributed by atoms with Crippen LogP contribution in [0.25, 0.3) is 16.8 Å². The number of aliphatic imine (C=N–C) groups is 1. The monoisotopic (exact) mass is 414 g/mol. The number of nitrogens with two attached hydrogens (primary N) is 1. The lowest BCUT2D eigenvalue weighted by Crippen LogP contribution is -2.27. The molecule has 31 heavy (non-hydrogen) atoms. The fraction of sp³-hybridized carbons (Fsp3) is 0.125. The summed E-state index contributed by atoms with van der Waals surface area (Å²) in [5, 5.41) is 1.92. The van der Waals surface area contributed by atoms with Gasteiger partial charge in [-0.25, -0.2) is 9.98 Å². The third kappa shape index (κ3) is 5.08. The van der Waals surface area contributed by atoms with Crippen molar-refractivity contribution in [2.45, 2.75) is 6.10 Å². The largest absolute Gasteiger partial charge is 0.479 e. The average molecular weight is 414 g/mol. The minimum atomic E-state index is -0.537. The number of ether oxygens (including phenoxy) is 2. The highest BCUT2D eigenvalue weighted by Gasteiger charge is 2.27. The molecule has 7 nitrogen and oxygen atoms in total. The number of nitrogens with zero attached hydrogens (tertiary/aromatic N) is 3. The maximum atomic E-state index is 11.9. The number of allylic oxidation sites excluding steroid dienone is 4. The normalized spacial score (nSPS) is 22.8. The summed E-state index contributed by atoms with van der Waals surface area (Å²) < 4.78 is 11.4. The smallest absolute Gasteiger partial charge is 0.265 e. The van der Waals surface area contributed by atoms with Crippen molar-refractivity contribution in [2.24, 2.45) is 10.7 Å². The van der Waals surface area contributed by atoms with Crippen LogP contribution in [0.15, 0.2) is 90.0 Å². The van der Waals surface area contributed by atoms with Gasteiger partial charge >= 0.3 is 0 Å². The number of hydrogen-bond donors (Lipinski definition) is 1. The van der Waals surface area contributed by atoms with E-state index < -0.39 is 5.91 Å². The van der Waals surface area contributed by atoms with E-state index in [0.717, 1.165) is 16.3 Å². The van der Waals surface area contributed by atoms with E-state index in [1.165, 1.54) is 12.6 Å². The summed E-state index contributed by atoms with van der Waals surface area (Å²) in [6, 6.07) is 8.04. The van der Waals surface area contributed by atoms with Crippen molar-refractivity contribution in [1.29, 1.82) is 0 Å². The van der Waals surface area contributed by atoms with Crippen molar-refractivity contribution < 1.29 is 14.3 Å². The van der Waals surface area contributed by atoms with Crippen molar-refractivity contribution in [1.82, 2.24) is 9.88 Å². The van der Waals surface area contributed by atoms with E-state index in [1.807, 2.05) is 60.7 Å². The molecule has 1 aromatic heterocycles. The number of fused-ring (bicyclic) bond motifs is 3. The van der Waals surface area contributed by atoms with Gasteiger partial charge in [-0.3, -0.25) is 4.79 Å². The Morgan fingerprint density at radius 3 is 2.97 bits per heavy atom. The van der Waals surface area contributed by atoms with Gasteiger partial charge in [0.1, 0.15) is 18.4 Å². The Kier molecular flexibility index (Phi) is 6.23. The Morgan fingerprint density at radius 2 is 2.06 bits per heavy atom. The minimum absolute atomic E-state index is 0.348. The zero-order valence-corrected chi connectivity index (χ0v) is 16.8. The predicted octanol–water partition coefficient (Wildman–Crippen LogP) is 3.32. The lowest BCUT2D eigenvalue weighted by atomic mass is 10.1. The first-order valence-electron chi connectivity index (χ1n) is 9.84. The second-order valence-electron chi connectivity index (χ2n) is 6.88. The molecule has 0 fully saturated rings. The van der Waals surface area contributed by atoms with E-state index in [4.69, 9.17) is 15.2 Å². The minimum Gasteiger partial charge on any atom is -0.479 e. The number of benzene rings is 1. The highest BCUT2D eigenvalue weighted by Crippen LogP contribution is 2.28. The van der Waals surface area contributed by atoms with Crippen LogP contribution in [0.5, 0.6) is 5.88 Å². The SMILES string of the molecule is NC(=O)C1=CC2CN1/C=C\N=COC/C=C/C=C\C=C\c1ccc3ccnc(c3c1)O2. The highest BCUT2D eigenvalue weighted by atomic mass is 16.5. The molecule has 1 atom stereocenters. The van der Waals surface area contributed by atoms with E-state index >= 15 is 0 Å². The molecule has 7 heteroatoms. The summed E-state index contributed by atoms with van der Waals surface area (Å²) in [5.74, 6) is -0.0340. The molecular weight excluding hydrogens is 392 g/mol. The topological polar surface area (TPSA) is 90.0 Å². The third-order valence-corrected chi connectivity index (χ3v) is 4.72. The summed E-state index contributed by atoms with van der Waals surface area (Å²) in [4.78, 5) is 22.1. The molecule has 0 spiro atoms. The molecule has 2 aliphatic heterocycles. The summed E-state index contributed by atoms with van der Waals surface area (Å²) in [6.45, 7) is 0.814. The number of primary amides is 1. The van der Waals surface area contributed by atoms with E-state index in [1.54, 1.807) is 23.4 Å². The van der Waals surface area contributed by atoms with Gasteiger partial charge in [0.05, 0.1) is 6.54 Å². The van der Waals surface area contributed by atoms with Gasteiger partial charge in [-0.05, 0) is 35.2 Å². The van der Waals surface area contributed by atoms with Crippen molar-refractivity contribution in [3.8, 4) is 5.88 Å². The molecule has 2 aliphatic rings. The molecule has 2 N–H and O–H groups in total. The highest BCUT2D eigenvalue weighted by molar-refractivity contribution is 5.92. The maximum absolute atomic E-state index is 11.9. The third-order valence-electron chi connectivity index (χ3n) is 4.72. The Hall–Kier alpha value is -4.13. The molecule has 1 aromatic carbocycles. The van der Waals surface area contributed by atoms with Gasteiger partial charge in [0, 0.05) is 24.0 Å². The quantitative estimate of drug-likeness (QED) is 0.773. The lowest BCUT2D eigenvalue weighted by Gasteiger charge is -2.17. The van der Waals surface area contributed by atoms with Gasteiger partial charge in [0.2, 0.25) is 5.88 Å². The van der Waals surface area contributed by atoms with E-state index in [2.05, 4.69) is 9.98 Å². The molecule has 3 heterocycles. The van der Waals surface area contributed by atoms with Crippen molar-refractivity contribution >= 4 is 29.2 Å². The van der Waals surface area contributed by atoms with Gasteiger partial charge in [-0.1, -0.05) is 42.5 Å². The van der Waals surface area contributed by atoms with Gasteiger partial charge in [-0.2, -0.15) is 0 Å². The summed E-state index contributed by atoms with van der Waals surface area (Å²) >= 11 is 0. The van der Waals surface area contributed by atoms with Crippen molar-refractivity contribution in [3.63, 3.8) is 0 Å². The summed E-state index contributed by atoms with van der Waals surface area (Å²) in [5.41, 5.74) is 6.91. The number of carbonyl (C=O) groups is 1.